The van der Waals surface area contributed by atoms with Gasteiger partial charge in [-0.05, 0) is 43.6 Å². The van der Waals surface area contributed by atoms with Gasteiger partial charge in [-0.1, -0.05) is 20.8 Å². The lowest BCUT2D eigenvalue weighted by Gasteiger charge is -2.17. The zero-order valence-electron chi connectivity index (χ0n) is 13.5. The van der Waals surface area contributed by atoms with E-state index in [0.29, 0.717) is 5.92 Å². The maximum absolute atomic E-state index is 4.72. The Morgan fingerprint density at radius 1 is 1.32 bits per heavy atom. The third-order valence-electron chi connectivity index (χ3n) is 5.08. The van der Waals surface area contributed by atoms with E-state index >= 15 is 0 Å². The molecule has 22 heavy (non-hydrogen) atoms. The SMILES string of the molecule is CCC(CC)c1nnc2c3c4c(sc3ncn12)CC(C)CC4. The molecule has 0 aliphatic heterocycles. The van der Waals surface area contributed by atoms with Crippen LogP contribution in [0.5, 0.6) is 0 Å². The molecule has 0 N–H and O–H groups in total. The van der Waals surface area contributed by atoms with Crippen LogP contribution in [-0.4, -0.2) is 19.6 Å². The summed E-state index contributed by atoms with van der Waals surface area (Å²) in [5, 5.41) is 10.3. The van der Waals surface area contributed by atoms with E-state index in [1.807, 2.05) is 17.7 Å². The first-order valence-corrected chi connectivity index (χ1v) is 9.18. The van der Waals surface area contributed by atoms with Gasteiger partial charge in [0.25, 0.3) is 0 Å². The quantitative estimate of drug-likeness (QED) is 0.721. The van der Waals surface area contributed by atoms with Gasteiger partial charge in [0.2, 0.25) is 0 Å². The number of fused-ring (bicyclic) bond motifs is 5. The van der Waals surface area contributed by atoms with Gasteiger partial charge in [-0.15, -0.1) is 21.5 Å². The second kappa shape index (κ2) is 5.30. The highest BCUT2D eigenvalue weighted by Crippen LogP contribution is 2.39. The van der Waals surface area contributed by atoms with Gasteiger partial charge in [0, 0.05) is 10.8 Å². The first kappa shape index (κ1) is 14.1. The van der Waals surface area contributed by atoms with Crippen LogP contribution in [0.3, 0.4) is 0 Å². The minimum atomic E-state index is 0.462. The molecule has 3 aromatic heterocycles. The summed E-state index contributed by atoms with van der Waals surface area (Å²) >= 11 is 1.86. The van der Waals surface area contributed by atoms with E-state index in [4.69, 9.17) is 4.98 Å². The third-order valence-corrected chi connectivity index (χ3v) is 6.24. The van der Waals surface area contributed by atoms with Crippen molar-refractivity contribution in [1.82, 2.24) is 19.6 Å². The molecule has 1 aliphatic carbocycles. The van der Waals surface area contributed by atoms with E-state index in [9.17, 15) is 0 Å². The second-order valence-electron chi connectivity index (χ2n) is 6.54. The first-order valence-electron chi connectivity index (χ1n) is 8.36. The van der Waals surface area contributed by atoms with Crippen LogP contribution in [0.15, 0.2) is 6.33 Å². The lowest BCUT2D eigenvalue weighted by molar-refractivity contribution is 0.509. The fourth-order valence-corrected chi connectivity index (χ4v) is 5.03. The van der Waals surface area contributed by atoms with Crippen molar-refractivity contribution in [3.05, 3.63) is 22.6 Å². The Hall–Kier alpha value is -1.49. The van der Waals surface area contributed by atoms with Crippen LogP contribution in [0.25, 0.3) is 15.9 Å². The van der Waals surface area contributed by atoms with E-state index in [1.54, 1.807) is 0 Å². The molecule has 0 fully saturated rings. The molecule has 3 aromatic rings. The van der Waals surface area contributed by atoms with Crippen LogP contribution in [-0.2, 0) is 12.8 Å². The van der Waals surface area contributed by atoms with Crippen molar-refractivity contribution in [2.75, 3.05) is 0 Å². The molecule has 1 unspecified atom stereocenters. The predicted molar refractivity (Wildman–Crippen MR) is 90.7 cm³/mol. The standard InChI is InChI=1S/C17H22N4S/c1-4-11(5-2)15-19-20-16-14-12-7-6-10(3)8-13(12)22-17(14)18-9-21(15)16/h9-11H,4-8H2,1-3H3. The monoisotopic (exact) mass is 314 g/mol. The maximum atomic E-state index is 4.72. The van der Waals surface area contributed by atoms with Crippen molar-refractivity contribution in [2.45, 2.75) is 58.8 Å². The molecule has 4 rings (SSSR count). The minimum Gasteiger partial charge on any atom is -0.268 e. The Bertz CT molecular complexity index is 828. The lowest BCUT2D eigenvalue weighted by Crippen LogP contribution is -2.08. The summed E-state index contributed by atoms with van der Waals surface area (Å²) < 4.78 is 2.13. The summed E-state index contributed by atoms with van der Waals surface area (Å²) in [6.07, 6.45) is 7.73. The normalized spacial score (nSPS) is 18.5. The van der Waals surface area contributed by atoms with Crippen molar-refractivity contribution >= 4 is 27.2 Å². The molecule has 1 aliphatic rings. The average molecular weight is 314 g/mol. The number of hydrogen-bond acceptors (Lipinski definition) is 4. The fourth-order valence-electron chi connectivity index (χ4n) is 3.69. The Labute approximate surface area is 134 Å². The second-order valence-corrected chi connectivity index (χ2v) is 7.63. The third kappa shape index (κ3) is 1.98. The van der Waals surface area contributed by atoms with E-state index in [0.717, 1.165) is 41.5 Å². The molecule has 0 aromatic carbocycles. The average Bonchev–Trinajstić information content (AvgIpc) is 3.09. The molecular formula is C17H22N4S. The number of aryl methyl sites for hydroxylation is 1. The van der Waals surface area contributed by atoms with Crippen LogP contribution in [0, 0.1) is 5.92 Å². The van der Waals surface area contributed by atoms with Crippen LogP contribution in [0.2, 0.25) is 0 Å². The summed E-state index contributed by atoms with van der Waals surface area (Å²) in [5.74, 6) is 2.32. The summed E-state index contributed by atoms with van der Waals surface area (Å²) in [4.78, 5) is 7.37. The smallest absolute Gasteiger partial charge is 0.172 e. The Morgan fingerprint density at radius 3 is 2.91 bits per heavy atom. The van der Waals surface area contributed by atoms with Gasteiger partial charge < -0.3 is 0 Å². The highest BCUT2D eigenvalue weighted by Gasteiger charge is 2.24. The van der Waals surface area contributed by atoms with E-state index < -0.39 is 0 Å². The van der Waals surface area contributed by atoms with Crippen molar-refractivity contribution in [1.29, 1.82) is 0 Å². The molecule has 0 saturated carbocycles. The largest absolute Gasteiger partial charge is 0.268 e. The summed E-state index contributed by atoms with van der Waals surface area (Å²) in [5.41, 5.74) is 2.50. The Balaban J connectivity index is 1.96. The number of hydrogen-bond donors (Lipinski definition) is 0. The van der Waals surface area contributed by atoms with Crippen LogP contribution < -0.4 is 0 Å². The van der Waals surface area contributed by atoms with Gasteiger partial charge in [0.1, 0.15) is 17.0 Å². The topological polar surface area (TPSA) is 43.1 Å². The molecule has 0 amide bonds. The summed E-state index contributed by atoms with van der Waals surface area (Å²) in [6.45, 7) is 6.78. The molecule has 3 heterocycles. The highest BCUT2D eigenvalue weighted by atomic mass is 32.1. The maximum Gasteiger partial charge on any atom is 0.172 e. The highest BCUT2D eigenvalue weighted by molar-refractivity contribution is 7.19. The van der Waals surface area contributed by atoms with Gasteiger partial charge in [-0.2, -0.15) is 0 Å². The molecule has 4 nitrogen and oxygen atoms in total. The molecule has 0 bridgehead atoms. The van der Waals surface area contributed by atoms with Crippen molar-refractivity contribution in [2.24, 2.45) is 5.92 Å². The fraction of sp³-hybridized carbons (Fsp3) is 0.588. The van der Waals surface area contributed by atoms with Gasteiger partial charge in [0.05, 0.1) is 5.39 Å². The Kier molecular flexibility index (Phi) is 3.40. The zero-order chi connectivity index (χ0) is 15.3. The van der Waals surface area contributed by atoms with Crippen molar-refractivity contribution in [3.63, 3.8) is 0 Å². The number of rotatable bonds is 3. The molecule has 5 heteroatoms. The lowest BCUT2D eigenvalue weighted by atomic mass is 9.89. The molecule has 1 atom stereocenters. The van der Waals surface area contributed by atoms with Crippen LogP contribution in [0.1, 0.15) is 62.2 Å². The molecule has 0 saturated heterocycles. The van der Waals surface area contributed by atoms with Crippen LogP contribution >= 0.6 is 11.3 Å². The van der Waals surface area contributed by atoms with E-state index in [2.05, 4.69) is 35.4 Å². The number of nitrogens with zero attached hydrogens (tertiary/aromatic N) is 4. The van der Waals surface area contributed by atoms with Crippen molar-refractivity contribution in [3.8, 4) is 0 Å². The molecule has 0 spiro atoms. The van der Waals surface area contributed by atoms with E-state index in [-0.39, 0.29) is 0 Å². The van der Waals surface area contributed by atoms with Gasteiger partial charge in [-0.3, -0.25) is 4.40 Å². The van der Waals surface area contributed by atoms with Gasteiger partial charge in [-0.25, -0.2) is 4.98 Å². The van der Waals surface area contributed by atoms with Gasteiger partial charge in [0.15, 0.2) is 5.65 Å². The minimum absolute atomic E-state index is 0.462. The molecule has 116 valence electrons. The van der Waals surface area contributed by atoms with Crippen LogP contribution in [0.4, 0.5) is 0 Å². The Morgan fingerprint density at radius 2 is 2.14 bits per heavy atom. The summed E-state index contributed by atoms with van der Waals surface area (Å²) in [7, 11) is 0. The van der Waals surface area contributed by atoms with Crippen molar-refractivity contribution < 1.29 is 0 Å². The van der Waals surface area contributed by atoms with E-state index in [1.165, 1.54) is 28.7 Å². The molecular weight excluding hydrogens is 292 g/mol. The summed E-state index contributed by atoms with van der Waals surface area (Å²) in [6, 6.07) is 0. The van der Waals surface area contributed by atoms with Gasteiger partial charge >= 0.3 is 0 Å². The number of thiophene rings is 1. The number of aromatic nitrogens is 4. The zero-order valence-corrected chi connectivity index (χ0v) is 14.3. The molecule has 0 radical (unpaired) electrons. The predicted octanol–water partition coefficient (Wildman–Crippen LogP) is 4.37. The first-order chi connectivity index (χ1) is 10.7.